The van der Waals surface area contributed by atoms with E-state index >= 15 is 0 Å². The summed E-state index contributed by atoms with van der Waals surface area (Å²) in [4.78, 5) is 13.9. The number of alkyl halides is 3. The summed E-state index contributed by atoms with van der Waals surface area (Å²) in [6.45, 7) is 4.25. The summed E-state index contributed by atoms with van der Waals surface area (Å²) in [5, 5.41) is 3.34. The Balaban J connectivity index is 1.83. The number of ether oxygens (including phenoxy) is 1. The predicted molar refractivity (Wildman–Crippen MR) is 79.8 cm³/mol. The number of halogens is 3. The van der Waals surface area contributed by atoms with Crippen LogP contribution < -0.4 is 0 Å². The molecule has 1 atom stereocenters. The first-order chi connectivity index (χ1) is 11.4. The molecule has 0 radical (unpaired) electrons. The van der Waals surface area contributed by atoms with E-state index in [1.807, 2.05) is 0 Å². The lowest BCUT2D eigenvalue weighted by atomic mass is 9.71. The third kappa shape index (κ3) is 3.07. The largest absolute Gasteiger partial charge is 0.504 e. The maximum absolute atomic E-state index is 12.7. The summed E-state index contributed by atoms with van der Waals surface area (Å²) in [6.07, 6.45) is 3.11. The third-order valence-corrected chi connectivity index (χ3v) is 4.90. The number of carbonyl (C=O) groups excluding carboxylic acids is 1. The molecular formula is C16H20F3N3O2. The first kappa shape index (κ1) is 17.0. The standard InChI is InChI=1S/C16H20F3N3O2/c1-2-14(23)21(10-12-9-20-22(11-12)16(17,18)19)13-5-3-8-24-15(13)6-4-7-15/h2,9,11,13H,1,3-8,10H2. The fourth-order valence-corrected chi connectivity index (χ4v) is 3.59. The Bertz CT molecular complexity index is 622. The summed E-state index contributed by atoms with van der Waals surface area (Å²) in [6, 6.07) is -0.139. The molecule has 132 valence electrons. The molecule has 1 aliphatic carbocycles. The Kier molecular flexibility index (Phi) is 4.42. The number of rotatable bonds is 4. The Hall–Kier alpha value is -1.83. The Labute approximate surface area is 138 Å². The molecular weight excluding hydrogens is 323 g/mol. The van der Waals surface area contributed by atoms with Gasteiger partial charge in [-0.3, -0.25) is 4.79 Å². The van der Waals surface area contributed by atoms with E-state index in [-0.39, 0.29) is 28.8 Å². The third-order valence-electron chi connectivity index (χ3n) is 4.90. The molecule has 0 bridgehead atoms. The van der Waals surface area contributed by atoms with Gasteiger partial charge in [0.25, 0.3) is 0 Å². The molecule has 2 fully saturated rings. The molecule has 1 spiro atoms. The van der Waals surface area contributed by atoms with Crippen molar-refractivity contribution in [3.63, 3.8) is 0 Å². The van der Waals surface area contributed by atoms with Gasteiger partial charge in [0, 0.05) is 24.9 Å². The van der Waals surface area contributed by atoms with Crippen LogP contribution in [0.3, 0.4) is 0 Å². The maximum atomic E-state index is 12.7. The molecule has 24 heavy (non-hydrogen) atoms. The molecule has 1 saturated carbocycles. The summed E-state index contributed by atoms with van der Waals surface area (Å²) >= 11 is 0. The summed E-state index contributed by atoms with van der Waals surface area (Å²) in [7, 11) is 0. The lowest BCUT2D eigenvalue weighted by molar-refractivity contribution is -0.212. The topological polar surface area (TPSA) is 47.4 Å². The smallest absolute Gasteiger partial charge is 0.373 e. The monoisotopic (exact) mass is 343 g/mol. The molecule has 2 aliphatic rings. The van der Waals surface area contributed by atoms with Gasteiger partial charge in [0.1, 0.15) is 0 Å². The zero-order chi connectivity index (χ0) is 17.4. The van der Waals surface area contributed by atoms with Crippen molar-refractivity contribution in [1.29, 1.82) is 0 Å². The van der Waals surface area contributed by atoms with Gasteiger partial charge in [-0.15, -0.1) is 13.2 Å². The van der Waals surface area contributed by atoms with Crippen LogP contribution in [-0.2, 0) is 22.4 Å². The zero-order valence-electron chi connectivity index (χ0n) is 13.3. The molecule has 0 N–H and O–H groups in total. The van der Waals surface area contributed by atoms with Crippen molar-refractivity contribution in [1.82, 2.24) is 14.7 Å². The SMILES string of the molecule is C=CC(=O)N(Cc1cnn(C(F)(F)F)c1)C1CCCOC12CCC2. The first-order valence-electron chi connectivity index (χ1n) is 8.03. The Morgan fingerprint density at radius 2 is 2.25 bits per heavy atom. The van der Waals surface area contributed by atoms with Crippen LogP contribution in [-0.4, -0.2) is 38.8 Å². The maximum Gasteiger partial charge on any atom is 0.504 e. The van der Waals surface area contributed by atoms with E-state index in [4.69, 9.17) is 4.74 Å². The molecule has 1 amide bonds. The molecule has 1 aliphatic heterocycles. The van der Waals surface area contributed by atoms with Gasteiger partial charge in [-0.05, 0) is 38.2 Å². The van der Waals surface area contributed by atoms with E-state index in [2.05, 4.69) is 11.7 Å². The van der Waals surface area contributed by atoms with Crippen LogP contribution in [0.4, 0.5) is 13.2 Å². The highest BCUT2D eigenvalue weighted by Gasteiger charge is 2.50. The van der Waals surface area contributed by atoms with Gasteiger partial charge in [0.2, 0.25) is 5.91 Å². The minimum Gasteiger partial charge on any atom is -0.373 e. The number of aromatic nitrogens is 2. The van der Waals surface area contributed by atoms with Crippen LogP contribution >= 0.6 is 0 Å². The van der Waals surface area contributed by atoms with Crippen molar-refractivity contribution in [2.24, 2.45) is 0 Å². The van der Waals surface area contributed by atoms with E-state index < -0.39 is 6.30 Å². The molecule has 1 aromatic heterocycles. The van der Waals surface area contributed by atoms with Crippen molar-refractivity contribution < 1.29 is 22.7 Å². The van der Waals surface area contributed by atoms with Crippen molar-refractivity contribution in [3.05, 3.63) is 30.6 Å². The van der Waals surface area contributed by atoms with E-state index in [0.29, 0.717) is 12.2 Å². The van der Waals surface area contributed by atoms with Gasteiger partial charge in [0.05, 0.1) is 17.8 Å². The number of nitrogens with zero attached hydrogens (tertiary/aromatic N) is 3. The molecule has 3 rings (SSSR count). The van der Waals surface area contributed by atoms with Gasteiger partial charge in [-0.25, -0.2) is 0 Å². The second-order valence-electron chi connectivity index (χ2n) is 6.36. The number of hydrogen-bond acceptors (Lipinski definition) is 3. The van der Waals surface area contributed by atoms with Crippen LogP contribution in [0, 0.1) is 0 Å². The highest BCUT2D eigenvalue weighted by atomic mass is 19.4. The highest BCUT2D eigenvalue weighted by molar-refractivity contribution is 5.87. The van der Waals surface area contributed by atoms with Crippen LogP contribution in [0.5, 0.6) is 0 Å². The lowest BCUT2D eigenvalue weighted by Crippen LogP contribution is -2.61. The van der Waals surface area contributed by atoms with E-state index in [9.17, 15) is 18.0 Å². The average molecular weight is 343 g/mol. The number of carbonyl (C=O) groups is 1. The molecule has 8 heteroatoms. The summed E-state index contributed by atoms with van der Waals surface area (Å²) in [5.74, 6) is -0.295. The zero-order valence-corrected chi connectivity index (χ0v) is 13.3. The molecule has 0 aromatic carbocycles. The lowest BCUT2D eigenvalue weighted by Gasteiger charge is -2.53. The van der Waals surface area contributed by atoms with Crippen molar-refractivity contribution in [2.75, 3.05) is 6.61 Å². The normalized spacial score (nSPS) is 22.9. The van der Waals surface area contributed by atoms with Gasteiger partial charge < -0.3 is 9.64 Å². The highest BCUT2D eigenvalue weighted by Crippen LogP contribution is 2.45. The second kappa shape index (κ2) is 6.23. The molecule has 1 saturated heterocycles. The van der Waals surface area contributed by atoms with Crippen LogP contribution in [0.2, 0.25) is 0 Å². The van der Waals surface area contributed by atoms with Gasteiger partial charge in [-0.1, -0.05) is 6.58 Å². The Morgan fingerprint density at radius 3 is 2.79 bits per heavy atom. The molecule has 1 unspecified atom stereocenters. The van der Waals surface area contributed by atoms with Crippen molar-refractivity contribution in [2.45, 2.75) is 56.6 Å². The summed E-state index contributed by atoms with van der Waals surface area (Å²) < 4.78 is 44.0. The first-order valence-corrected chi connectivity index (χ1v) is 8.03. The molecule has 5 nitrogen and oxygen atoms in total. The second-order valence-corrected chi connectivity index (χ2v) is 6.36. The van der Waals surface area contributed by atoms with Gasteiger partial charge >= 0.3 is 6.30 Å². The predicted octanol–water partition coefficient (Wildman–Crippen LogP) is 2.98. The minimum atomic E-state index is -4.56. The fourth-order valence-electron chi connectivity index (χ4n) is 3.59. The van der Waals surface area contributed by atoms with Crippen molar-refractivity contribution >= 4 is 5.91 Å². The average Bonchev–Trinajstić information content (AvgIpc) is 2.99. The van der Waals surface area contributed by atoms with Gasteiger partial charge in [0.15, 0.2) is 0 Å². The van der Waals surface area contributed by atoms with E-state index in [1.54, 1.807) is 4.90 Å². The van der Waals surface area contributed by atoms with Crippen LogP contribution in [0.1, 0.15) is 37.7 Å². The van der Waals surface area contributed by atoms with Gasteiger partial charge in [-0.2, -0.15) is 9.78 Å². The quantitative estimate of drug-likeness (QED) is 0.790. The molecule has 1 aromatic rings. The fraction of sp³-hybridized carbons (Fsp3) is 0.625. The van der Waals surface area contributed by atoms with Crippen molar-refractivity contribution in [3.8, 4) is 0 Å². The van der Waals surface area contributed by atoms with Crippen LogP contribution in [0.25, 0.3) is 0 Å². The van der Waals surface area contributed by atoms with Crippen LogP contribution in [0.15, 0.2) is 25.0 Å². The molecule has 2 heterocycles. The Morgan fingerprint density at radius 1 is 1.50 bits per heavy atom. The van der Waals surface area contributed by atoms with E-state index in [1.165, 1.54) is 6.08 Å². The number of hydrogen-bond donors (Lipinski definition) is 0. The summed E-state index contributed by atoms with van der Waals surface area (Å²) in [5.41, 5.74) is -0.0145. The number of amides is 1. The minimum absolute atomic E-state index is 0.0462. The van der Waals surface area contributed by atoms with E-state index in [0.717, 1.165) is 44.5 Å².